The van der Waals surface area contributed by atoms with Crippen LogP contribution in [0.5, 0.6) is 5.75 Å². The second kappa shape index (κ2) is 6.22. The standard InChI is InChI=1S/C15H13BrClNO/c1-10-13(17)4-3-5-14(10)18-9-11-8-12(16)6-7-15(11)19-2/h3-9H,1-2H3. The quantitative estimate of drug-likeness (QED) is 0.707. The molecule has 2 aromatic carbocycles. The van der Waals surface area contributed by atoms with Crippen LogP contribution in [0.3, 0.4) is 0 Å². The summed E-state index contributed by atoms with van der Waals surface area (Å²) in [5.41, 5.74) is 2.74. The molecule has 0 aliphatic carbocycles. The first kappa shape index (κ1) is 14.1. The first-order valence-electron chi connectivity index (χ1n) is 5.74. The summed E-state index contributed by atoms with van der Waals surface area (Å²) in [7, 11) is 1.64. The van der Waals surface area contributed by atoms with Crippen LogP contribution < -0.4 is 4.74 Å². The highest BCUT2D eigenvalue weighted by atomic mass is 79.9. The summed E-state index contributed by atoms with van der Waals surface area (Å²) in [6, 6.07) is 11.5. The molecule has 0 atom stereocenters. The van der Waals surface area contributed by atoms with Crippen molar-refractivity contribution in [2.24, 2.45) is 4.99 Å². The zero-order valence-electron chi connectivity index (χ0n) is 10.7. The fourth-order valence-electron chi connectivity index (χ4n) is 1.68. The lowest BCUT2D eigenvalue weighted by atomic mass is 10.2. The molecule has 2 aromatic rings. The average molecular weight is 339 g/mol. The molecule has 0 amide bonds. The van der Waals surface area contributed by atoms with Crippen molar-refractivity contribution >= 4 is 39.4 Å². The SMILES string of the molecule is COc1ccc(Br)cc1C=Nc1cccc(Cl)c1C. The maximum Gasteiger partial charge on any atom is 0.127 e. The van der Waals surface area contributed by atoms with Crippen LogP contribution in [-0.2, 0) is 0 Å². The van der Waals surface area contributed by atoms with Crippen LogP contribution in [-0.4, -0.2) is 13.3 Å². The minimum Gasteiger partial charge on any atom is -0.496 e. The maximum absolute atomic E-state index is 6.07. The van der Waals surface area contributed by atoms with E-state index in [0.29, 0.717) is 0 Å². The summed E-state index contributed by atoms with van der Waals surface area (Å²) in [6.45, 7) is 1.95. The first-order valence-corrected chi connectivity index (χ1v) is 6.91. The van der Waals surface area contributed by atoms with E-state index in [9.17, 15) is 0 Å². The summed E-state index contributed by atoms with van der Waals surface area (Å²) >= 11 is 9.51. The Morgan fingerprint density at radius 2 is 2.05 bits per heavy atom. The van der Waals surface area contributed by atoms with Gasteiger partial charge in [-0.15, -0.1) is 0 Å². The highest BCUT2D eigenvalue weighted by molar-refractivity contribution is 9.10. The van der Waals surface area contributed by atoms with Crippen molar-refractivity contribution in [3.05, 3.63) is 57.0 Å². The zero-order chi connectivity index (χ0) is 13.8. The Hall–Kier alpha value is -1.32. The topological polar surface area (TPSA) is 21.6 Å². The molecule has 0 aliphatic heterocycles. The van der Waals surface area contributed by atoms with Crippen molar-refractivity contribution < 1.29 is 4.74 Å². The molecule has 0 aliphatic rings. The molecule has 0 bridgehead atoms. The molecular weight excluding hydrogens is 326 g/mol. The van der Waals surface area contributed by atoms with E-state index in [1.54, 1.807) is 13.3 Å². The van der Waals surface area contributed by atoms with Gasteiger partial charge in [-0.25, -0.2) is 0 Å². The Bertz CT molecular complexity index is 626. The molecule has 0 spiro atoms. The third kappa shape index (κ3) is 3.37. The van der Waals surface area contributed by atoms with Gasteiger partial charge in [-0.2, -0.15) is 0 Å². The van der Waals surface area contributed by atoms with Crippen LogP contribution in [0.15, 0.2) is 45.9 Å². The molecule has 0 aromatic heterocycles. The number of benzene rings is 2. The second-order valence-corrected chi connectivity index (χ2v) is 5.35. The minimum absolute atomic E-state index is 0.718. The van der Waals surface area contributed by atoms with E-state index in [4.69, 9.17) is 16.3 Å². The van der Waals surface area contributed by atoms with E-state index in [1.165, 1.54) is 0 Å². The van der Waals surface area contributed by atoms with Gasteiger partial charge in [0.05, 0.1) is 12.8 Å². The van der Waals surface area contributed by atoms with Gasteiger partial charge in [0.2, 0.25) is 0 Å². The van der Waals surface area contributed by atoms with Crippen LogP contribution in [0.25, 0.3) is 0 Å². The molecule has 0 radical (unpaired) electrons. The predicted octanol–water partition coefficient (Wildman–Crippen LogP) is 5.17. The molecule has 98 valence electrons. The van der Waals surface area contributed by atoms with Crippen molar-refractivity contribution in [1.29, 1.82) is 0 Å². The van der Waals surface area contributed by atoms with E-state index in [2.05, 4.69) is 20.9 Å². The molecule has 0 heterocycles. The average Bonchev–Trinajstić information content (AvgIpc) is 2.40. The van der Waals surface area contributed by atoms with Gasteiger partial charge in [-0.1, -0.05) is 33.6 Å². The van der Waals surface area contributed by atoms with E-state index in [0.717, 1.165) is 32.1 Å². The lowest BCUT2D eigenvalue weighted by molar-refractivity contribution is 0.414. The highest BCUT2D eigenvalue weighted by Crippen LogP contribution is 2.26. The van der Waals surface area contributed by atoms with E-state index >= 15 is 0 Å². The Morgan fingerprint density at radius 3 is 2.79 bits per heavy atom. The van der Waals surface area contributed by atoms with Crippen molar-refractivity contribution in [1.82, 2.24) is 0 Å². The third-order valence-corrected chi connectivity index (χ3v) is 3.68. The summed E-state index contributed by atoms with van der Waals surface area (Å²) in [5, 5.41) is 0.718. The van der Waals surface area contributed by atoms with E-state index in [1.807, 2.05) is 43.3 Å². The second-order valence-electron chi connectivity index (χ2n) is 4.03. The minimum atomic E-state index is 0.718. The maximum atomic E-state index is 6.07. The molecule has 0 N–H and O–H groups in total. The van der Waals surface area contributed by atoms with Gasteiger partial charge < -0.3 is 4.74 Å². The van der Waals surface area contributed by atoms with Crippen molar-refractivity contribution in [3.8, 4) is 5.75 Å². The number of ether oxygens (including phenoxy) is 1. The van der Waals surface area contributed by atoms with Gasteiger partial charge in [0.1, 0.15) is 5.75 Å². The number of methoxy groups -OCH3 is 1. The highest BCUT2D eigenvalue weighted by Gasteiger charge is 2.03. The predicted molar refractivity (Wildman–Crippen MR) is 84.1 cm³/mol. The molecule has 2 nitrogen and oxygen atoms in total. The number of nitrogens with zero attached hydrogens (tertiary/aromatic N) is 1. The van der Waals surface area contributed by atoms with Crippen LogP contribution in [0.2, 0.25) is 5.02 Å². The molecule has 0 saturated carbocycles. The van der Waals surface area contributed by atoms with E-state index < -0.39 is 0 Å². The van der Waals surface area contributed by atoms with Crippen LogP contribution in [0, 0.1) is 6.92 Å². The summed E-state index contributed by atoms with van der Waals surface area (Å²) < 4.78 is 6.29. The van der Waals surface area contributed by atoms with Crippen LogP contribution in [0.1, 0.15) is 11.1 Å². The first-order chi connectivity index (χ1) is 9.11. The smallest absolute Gasteiger partial charge is 0.127 e. The van der Waals surface area contributed by atoms with Gasteiger partial charge in [-0.3, -0.25) is 4.99 Å². The molecule has 0 fully saturated rings. The van der Waals surface area contributed by atoms with Gasteiger partial charge in [0, 0.05) is 21.3 Å². The lowest BCUT2D eigenvalue weighted by Crippen LogP contribution is -1.90. The molecule has 0 saturated heterocycles. The summed E-state index contributed by atoms with van der Waals surface area (Å²) in [6.07, 6.45) is 1.78. The monoisotopic (exact) mass is 337 g/mol. The normalized spacial score (nSPS) is 10.9. The molecule has 19 heavy (non-hydrogen) atoms. The van der Waals surface area contributed by atoms with E-state index in [-0.39, 0.29) is 0 Å². The third-order valence-electron chi connectivity index (χ3n) is 2.77. The van der Waals surface area contributed by atoms with Crippen molar-refractivity contribution in [3.63, 3.8) is 0 Å². The Morgan fingerprint density at radius 1 is 1.26 bits per heavy atom. The Balaban J connectivity index is 2.37. The lowest BCUT2D eigenvalue weighted by Gasteiger charge is -2.05. The van der Waals surface area contributed by atoms with Gasteiger partial charge in [0.25, 0.3) is 0 Å². The number of hydrogen-bond donors (Lipinski definition) is 0. The Kier molecular flexibility index (Phi) is 4.61. The van der Waals surface area contributed by atoms with Gasteiger partial charge >= 0.3 is 0 Å². The molecule has 2 rings (SSSR count). The summed E-state index contributed by atoms with van der Waals surface area (Å²) in [4.78, 5) is 4.48. The Labute approximate surface area is 126 Å². The molecular formula is C15H13BrClNO. The number of aliphatic imine (C=N–C) groups is 1. The van der Waals surface area contributed by atoms with Crippen LogP contribution >= 0.6 is 27.5 Å². The fraction of sp³-hybridized carbons (Fsp3) is 0.133. The fourth-order valence-corrected chi connectivity index (χ4v) is 2.23. The largest absolute Gasteiger partial charge is 0.496 e. The van der Waals surface area contributed by atoms with Crippen molar-refractivity contribution in [2.75, 3.05) is 7.11 Å². The number of halogens is 2. The van der Waals surface area contributed by atoms with Gasteiger partial charge in [0.15, 0.2) is 0 Å². The number of rotatable bonds is 3. The van der Waals surface area contributed by atoms with Crippen LogP contribution in [0.4, 0.5) is 5.69 Å². The molecule has 4 heteroatoms. The summed E-state index contributed by atoms with van der Waals surface area (Å²) in [5.74, 6) is 0.784. The zero-order valence-corrected chi connectivity index (χ0v) is 13.0. The number of hydrogen-bond acceptors (Lipinski definition) is 2. The molecule has 0 unspecified atom stereocenters. The van der Waals surface area contributed by atoms with Gasteiger partial charge in [-0.05, 0) is 42.8 Å². The van der Waals surface area contributed by atoms with Crippen molar-refractivity contribution in [2.45, 2.75) is 6.92 Å².